The molecule has 0 spiro atoms. The number of amides is 3. The number of nitrogens with one attached hydrogen (secondary N) is 2. The van der Waals surface area contributed by atoms with Gasteiger partial charge in [0.15, 0.2) is 6.54 Å². The average molecular weight is 375 g/mol. The minimum atomic E-state index is -0.424. The number of quaternary nitrogens is 1. The van der Waals surface area contributed by atoms with Crippen LogP contribution in [0.5, 0.6) is 0 Å². The van der Waals surface area contributed by atoms with Crippen molar-refractivity contribution >= 4 is 23.3 Å². The van der Waals surface area contributed by atoms with E-state index in [9.17, 15) is 9.59 Å². The number of aryl methyl sites for hydroxylation is 1. The van der Waals surface area contributed by atoms with E-state index in [1.54, 1.807) is 11.3 Å². The Balaban J connectivity index is 1.90. The van der Waals surface area contributed by atoms with Gasteiger partial charge in [-0.1, -0.05) is 49.7 Å². The number of thiophene rings is 1. The highest BCUT2D eigenvalue weighted by Crippen LogP contribution is 2.22. The third kappa shape index (κ3) is 6.61. The zero-order chi connectivity index (χ0) is 18.9. The molecule has 0 bridgehead atoms. The number of benzene rings is 1. The van der Waals surface area contributed by atoms with Crippen molar-refractivity contribution in [2.24, 2.45) is 5.92 Å². The van der Waals surface area contributed by atoms with Crippen LogP contribution in [0.25, 0.3) is 0 Å². The minimum Gasteiger partial charge on any atom is -0.338 e. The van der Waals surface area contributed by atoms with E-state index in [-0.39, 0.29) is 18.5 Å². The summed E-state index contributed by atoms with van der Waals surface area (Å²) in [5.41, 5.74) is 2.35. The maximum absolute atomic E-state index is 12.1. The Kier molecular flexibility index (Phi) is 7.81. The molecule has 0 fully saturated rings. The van der Waals surface area contributed by atoms with Gasteiger partial charge in [-0.3, -0.25) is 10.1 Å². The molecule has 1 heterocycles. The lowest BCUT2D eigenvalue weighted by Gasteiger charge is -2.15. The second kappa shape index (κ2) is 10.1. The first-order chi connectivity index (χ1) is 12.5. The molecule has 4 N–H and O–H groups in total. The predicted molar refractivity (Wildman–Crippen MR) is 105 cm³/mol. The summed E-state index contributed by atoms with van der Waals surface area (Å²) in [7, 11) is 0. The summed E-state index contributed by atoms with van der Waals surface area (Å²) in [6.45, 7) is 7.00. The van der Waals surface area contributed by atoms with Gasteiger partial charge in [0, 0.05) is 12.1 Å². The van der Waals surface area contributed by atoms with Crippen molar-refractivity contribution in [1.82, 2.24) is 10.6 Å². The second-order valence-corrected chi connectivity index (χ2v) is 7.81. The van der Waals surface area contributed by atoms with Crippen molar-refractivity contribution in [2.75, 3.05) is 13.1 Å². The van der Waals surface area contributed by atoms with Crippen molar-refractivity contribution in [3.63, 3.8) is 0 Å². The average Bonchev–Trinajstić information content (AvgIpc) is 3.10. The predicted octanol–water partition coefficient (Wildman–Crippen LogP) is 2.58. The number of carbonyl (C=O) groups is 2. The second-order valence-electron chi connectivity index (χ2n) is 6.83. The smallest absolute Gasteiger partial charge is 0.321 e. The van der Waals surface area contributed by atoms with Crippen molar-refractivity contribution in [3.8, 4) is 0 Å². The molecular weight excluding hydrogens is 346 g/mol. The Morgan fingerprint density at radius 3 is 2.50 bits per heavy atom. The summed E-state index contributed by atoms with van der Waals surface area (Å²) in [4.78, 5) is 25.1. The molecule has 3 amide bonds. The monoisotopic (exact) mass is 374 g/mol. The van der Waals surface area contributed by atoms with Crippen LogP contribution in [0.15, 0.2) is 41.8 Å². The van der Waals surface area contributed by atoms with Gasteiger partial charge in [0.25, 0.3) is 5.91 Å². The largest absolute Gasteiger partial charge is 0.338 e. The summed E-state index contributed by atoms with van der Waals surface area (Å²) in [6.07, 6.45) is 0.890. The minimum absolute atomic E-state index is 0.0466. The third-order valence-electron chi connectivity index (χ3n) is 4.09. The Labute approximate surface area is 159 Å². The first kappa shape index (κ1) is 20.1. The SMILES string of the molecule is Cc1ccc([C@H]([NH2+]CC(=O)NC(=O)NCCC(C)C)c2cccs2)cc1. The van der Waals surface area contributed by atoms with Crippen LogP contribution in [0, 0.1) is 12.8 Å². The Bertz CT molecular complexity index is 696. The number of nitrogens with two attached hydrogens (primary N) is 1. The van der Waals surface area contributed by atoms with Crippen LogP contribution in [0.1, 0.15) is 42.3 Å². The van der Waals surface area contributed by atoms with Crippen molar-refractivity contribution in [1.29, 1.82) is 0 Å². The molecule has 0 saturated heterocycles. The molecule has 1 aromatic carbocycles. The van der Waals surface area contributed by atoms with E-state index in [4.69, 9.17) is 0 Å². The van der Waals surface area contributed by atoms with E-state index in [0.717, 1.165) is 12.0 Å². The highest BCUT2D eigenvalue weighted by molar-refractivity contribution is 7.10. The number of carbonyl (C=O) groups excluding carboxylic acids is 2. The zero-order valence-corrected chi connectivity index (χ0v) is 16.4. The standard InChI is InChI=1S/C20H27N3O2S/c1-14(2)10-11-21-20(25)23-18(24)13-22-19(17-5-4-12-26-17)16-8-6-15(3)7-9-16/h4-9,12,14,19,22H,10-11,13H2,1-3H3,(H2,21,23,24,25)/p+1/t19-/m0/s1. The van der Waals surface area contributed by atoms with Crippen LogP contribution in [-0.2, 0) is 4.79 Å². The van der Waals surface area contributed by atoms with Crippen molar-refractivity contribution in [2.45, 2.75) is 33.2 Å². The molecule has 26 heavy (non-hydrogen) atoms. The lowest BCUT2D eigenvalue weighted by atomic mass is 10.0. The molecule has 140 valence electrons. The first-order valence-corrected chi connectivity index (χ1v) is 9.84. The molecule has 0 unspecified atom stereocenters. The fraction of sp³-hybridized carbons (Fsp3) is 0.400. The van der Waals surface area contributed by atoms with Crippen LogP contribution < -0.4 is 16.0 Å². The molecule has 1 aromatic heterocycles. The van der Waals surface area contributed by atoms with Crippen LogP contribution in [-0.4, -0.2) is 25.0 Å². The molecule has 5 nitrogen and oxygen atoms in total. The van der Waals surface area contributed by atoms with Crippen molar-refractivity contribution in [3.05, 3.63) is 57.8 Å². The van der Waals surface area contributed by atoms with Gasteiger partial charge in [-0.15, -0.1) is 11.3 Å². The molecule has 0 aliphatic carbocycles. The van der Waals surface area contributed by atoms with Gasteiger partial charge >= 0.3 is 6.03 Å². The van der Waals surface area contributed by atoms with Gasteiger partial charge in [-0.05, 0) is 30.7 Å². The fourth-order valence-electron chi connectivity index (χ4n) is 2.58. The molecule has 0 aliphatic rings. The Hall–Kier alpha value is -2.18. The highest BCUT2D eigenvalue weighted by Gasteiger charge is 2.20. The normalized spacial score (nSPS) is 12.0. The highest BCUT2D eigenvalue weighted by atomic mass is 32.1. The van der Waals surface area contributed by atoms with Gasteiger partial charge in [0.2, 0.25) is 0 Å². The molecule has 0 aliphatic heterocycles. The maximum Gasteiger partial charge on any atom is 0.321 e. The van der Waals surface area contributed by atoms with Crippen LogP contribution in [0.2, 0.25) is 0 Å². The van der Waals surface area contributed by atoms with Crippen LogP contribution in [0.3, 0.4) is 0 Å². The van der Waals surface area contributed by atoms with Gasteiger partial charge in [0.1, 0.15) is 6.04 Å². The number of imide groups is 1. The lowest BCUT2D eigenvalue weighted by molar-refractivity contribution is -0.676. The van der Waals surface area contributed by atoms with E-state index in [1.807, 2.05) is 16.8 Å². The number of urea groups is 1. The molecular formula is C20H28N3O2S+. The van der Waals surface area contributed by atoms with Gasteiger partial charge in [0.05, 0.1) is 4.88 Å². The molecule has 2 aromatic rings. The lowest BCUT2D eigenvalue weighted by Crippen LogP contribution is -2.87. The maximum atomic E-state index is 12.1. The molecule has 1 atom stereocenters. The van der Waals surface area contributed by atoms with Crippen molar-refractivity contribution < 1.29 is 14.9 Å². The van der Waals surface area contributed by atoms with E-state index in [2.05, 4.69) is 61.7 Å². The third-order valence-corrected chi connectivity index (χ3v) is 5.04. The zero-order valence-electron chi connectivity index (χ0n) is 15.6. The summed E-state index contributed by atoms with van der Waals surface area (Å²) < 4.78 is 0. The number of rotatable bonds is 8. The molecule has 2 rings (SSSR count). The van der Waals surface area contributed by atoms with E-state index in [0.29, 0.717) is 12.5 Å². The quantitative estimate of drug-likeness (QED) is 0.664. The molecule has 6 heteroatoms. The van der Waals surface area contributed by atoms with E-state index in [1.165, 1.54) is 10.4 Å². The van der Waals surface area contributed by atoms with Gasteiger partial charge in [-0.2, -0.15) is 0 Å². The van der Waals surface area contributed by atoms with E-state index < -0.39 is 6.03 Å². The van der Waals surface area contributed by atoms with Crippen LogP contribution >= 0.6 is 11.3 Å². The summed E-state index contributed by atoms with van der Waals surface area (Å²) in [6, 6.07) is 12.0. The van der Waals surface area contributed by atoms with E-state index >= 15 is 0 Å². The molecule has 0 saturated carbocycles. The summed E-state index contributed by atoms with van der Waals surface area (Å²) >= 11 is 1.67. The Morgan fingerprint density at radius 1 is 1.15 bits per heavy atom. The number of hydrogen-bond donors (Lipinski definition) is 3. The summed E-state index contributed by atoms with van der Waals surface area (Å²) in [5.74, 6) is 0.223. The molecule has 0 radical (unpaired) electrons. The van der Waals surface area contributed by atoms with Gasteiger partial charge in [-0.25, -0.2) is 4.79 Å². The topological polar surface area (TPSA) is 74.8 Å². The summed E-state index contributed by atoms with van der Waals surface area (Å²) in [5, 5.41) is 9.11. The van der Waals surface area contributed by atoms with Crippen LogP contribution in [0.4, 0.5) is 4.79 Å². The fourth-order valence-corrected chi connectivity index (χ4v) is 3.43. The number of hydrogen-bond acceptors (Lipinski definition) is 3. The Morgan fingerprint density at radius 2 is 1.88 bits per heavy atom. The first-order valence-electron chi connectivity index (χ1n) is 8.96. The van der Waals surface area contributed by atoms with Gasteiger partial charge < -0.3 is 10.6 Å².